The fraction of sp³-hybridized carbons (Fsp3) is 0.800. The lowest BCUT2D eigenvalue weighted by molar-refractivity contribution is 0.338. The SMILES string of the molecule is C#CC(C(C)C)C(C)CC. The smallest absolute Gasteiger partial charge is 0.0248 e. The topological polar surface area (TPSA) is 0 Å². The highest BCUT2D eigenvalue weighted by Crippen LogP contribution is 2.21. The van der Waals surface area contributed by atoms with Crippen LogP contribution >= 0.6 is 0 Å². The minimum atomic E-state index is 0.463. The van der Waals surface area contributed by atoms with E-state index in [9.17, 15) is 0 Å². The second-order valence-corrected chi connectivity index (χ2v) is 3.32. The molecule has 0 amide bonds. The first kappa shape index (κ1) is 9.56. The molecular weight excluding hydrogens is 120 g/mol. The average Bonchev–Trinajstić information content (AvgIpc) is 1.88. The Morgan fingerprint density at radius 2 is 1.80 bits per heavy atom. The Bertz CT molecular complexity index is 116. The summed E-state index contributed by atoms with van der Waals surface area (Å²) >= 11 is 0. The molecule has 0 spiro atoms. The summed E-state index contributed by atoms with van der Waals surface area (Å²) in [5.41, 5.74) is 0. The number of hydrogen-bond acceptors (Lipinski definition) is 0. The van der Waals surface area contributed by atoms with Gasteiger partial charge in [0.2, 0.25) is 0 Å². The third kappa shape index (κ3) is 2.43. The minimum Gasteiger partial charge on any atom is -0.120 e. The monoisotopic (exact) mass is 138 g/mol. The third-order valence-corrected chi connectivity index (χ3v) is 2.17. The second-order valence-electron chi connectivity index (χ2n) is 3.32. The van der Waals surface area contributed by atoms with Gasteiger partial charge in [0.25, 0.3) is 0 Å². The Morgan fingerprint density at radius 1 is 1.30 bits per heavy atom. The fourth-order valence-corrected chi connectivity index (χ4v) is 1.27. The lowest BCUT2D eigenvalue weighted by Gasteiger charge is -2.20. The van der Waals surface area contributed by atoms with Gasteiger partial charge in [-0.25, -0.2) is 0 Å². The molecule has 58 valence electrons. The summed E-state index contributed by atoms with van der Waals surface area (Å²) < 4.78 is 0. The van der Waals surface area contributed by atoms with Crippen LogP contribution in [0.1, 0.15) is 34.1 Å². The first-order valence-corrected chi connectivity index (χ1v) is 4.09. The van der Waals surface area contributed by atoms with E-state index in [1.54, 1.807) is 0 Å². The molecule has 0 radical (unpaired) electrons. The van der Waals surface area contributed by atoms with Crippen LogP contribution in [0.3, 0.4) is 0 Å². The van der Waals surface area contributed by atoms with Gasteiger partial charge in [0.1, 0.15) is 0 Å². The number of hydrogen-bond donors (Lipinski definition) is 0. The van der Waals surface area contributed by atoms with Crippen LogP contribution in [-0.2, 0) is 0 Å². The van der Waals surface area contributed by atoms with Crippen molar-refractivity contribution in [2.75, 3.05) is 0 Å². The molecule has 0 nitrogen and oxygen atoms in total. The van der Waals surface area contributed by atoms with E-state index in [2.05, 4.69) is 33.6 Å². The largest absolute Gasteiger partial charge is 0.120 e. The van der Waals surface area contributed by atoms with Gasteiger partial charge < -0.3 is 0 Å². The maximum absolute atomic E-state index is 5.40. The van der Waals surface area contributed by atoms with Crippen molar-refractivity contribution < 1.29 is 0 Å². The molecule has 0 rings (SSSR count). The van der Waals surface area contributed by atoms with E-state index in [0.29, 0.717) is 17.8 Å². The molecule has 0 aromatic rings. The molecular formula is C10H18. The van der Waals surface area contributed by atoms with E-state index < -0.39 is 0 Å². The van der Waals surface area contributed by atoms with Gasteiger partial charge in [0.05, 0.1) is 0 Å². The van der Waals surface area contributed by atoms with Gasteiger partial charge in [-0.1, -0.05) is 34.1 Å². The predicted molar refractivity (Wildman–Crippen MR) is 46.6 cm³/mol. The molecule has 0 heteroatoms. The molecule has 0 saturated carbocycles. The third-order valence-electron chi connectivity index (χ3n) is 2.17. The van der Waals surface area contributed by atoms with Gasteiger partial charge in [-0.05, 0) is 11.8 Å². The minimum absolute atomic E-state index is 0.463. The van der Waals surface area contributed by atoms with E-state index in [1.807, 2.05) is 0 Å². The van der Waals surface area contributed by atoms with E-state index >= 15 is 0 Å². The Labute approximate surface area is 65.0 Å². The van der Waals surface area contributed by atoms with E-state index in [4.69, 9.17) is 6.42 Å². The van der Waals surface area contributed by atoms with Crippen LogP contribution in [0.15, 0.2) is 0 Å². The lowest BCUT2D eigenvalue weighted by Crippen LogP contribution is -2.14. The molecule has 0 saturated heterocycles. The highest BCUT2D eigenvalue weighted by Gasteiger charge is 2.15. The van der Waals surface area contributed by atoms with Crippen molar-refractivity contribution in [3.05, 3.63) is 0 Å². The highest BCUT2D eigenvalue weighted by atomic mass is 14.2. The molecule has 0 aromatic carbocycles. The Hall–Kier alpha value is -0.440. The summed E-state index contributed by atoms with van der Waals surface area (Å²) in [4.78, 5) is 0. The fourth-order valence-electron chi connectivity index (χ4n) is 1.27. The van der Waals surface area contributed by atoms with Crippen molar-refractivity contribution >= 4 is 0 Å². The molecule has 0 aliphatic carbocycles. The maximum atomic E-state index is 5.40. The van der Waals surface area contributed by atoms with E-state index in [-0.39, 0.29) is 0 Å². The van der Waals surface area contributed by atoms with Crippen LogP contribution in [0, 0.1) is 30.1 Å². The standard InChI is InChI=1S/C10H18/c1-6-9(5)10(7-2)8(3)4/h2,8-10H,6H2,1,3-5H3. The lowest BCUT2D eigenvalue weighted by atomic mass is 9.84. The van der Waals surface area contributed by atoms with Gasteiger partial charge in [-0.3, -0.25) is 0 Å². The quantitative estimate of drug-likeness (QED) is 0.526. The van der Waals surface area contributed by atoms with Gasteiger partial charge in [0.15, 0.2) is 0 Å². The summed E-state index contributed by atoms with van der Waals surface area (Å²) in [6.07, 6.45) is 6.59. The predicted octanol–water partition coefficient (Wildman–Crippen LogP) is 2.94. The Balaban J connectivity index is 3.96. The average molecular weight is 138 g/mol. The van der Waals surface area contributed by atoms with Crippen LogP contribution in [0.5, 0.6) is 0 Å². The first-order chi connectivity index (χ1) is 4.63. The maximum Gasteiger partial charge on any atom is 0.0248 e. The summed E-state index contributed by atoms with van der Waals surface area (Å²) in [5.74, 6) is 4.61. The summed E-state index contributed by atoms with van der Waals surface area (Å²) in [5, 5.41) is 0. The van der Waals surface area contributed by atoms with Gasteiger partial charge >= 0.3 is 0 Å². The zero-order valence-electron chi connectivity index (χ0n) is 7.52. The van der Waals surface area contributed by atoms with Crippen LogP contribution in [0.2, 0.25) is 0 Å². The van der Waals surface area contributed by atoms with Crippen LogP contribution in [0.4, 0.5) is 0 Å². The molecule has 2 unspecified atom stereocenters. The molecule has 0 bridgehead atoms. The highest BCUT2D eigenvalue weighted by molar-refractivity contribution is 4.96. The van der Waals surface area contributed by atoms with Crippen molar-refractivity contribution in [3.8, 4) is 12.3 Å². The van der Waals surface area contributed by atoms with Crippen molar-refractivity contribution in [2.45, 2.75) is 34.1 Å². The van der Waals surface area contributed by atoms with Crippen molar-refractivity contribution in [1.82, 2.24) is 0 Å². The van der Waals surface area contributed by atoms with Crippen molar-refractivity contribution in [1.29, 1.82) is 0 Å². The van der Waals surface area contributed by atoms with Gasteiger partial charge in [-0.2, -0.15) is 0 Å². The number of terminal acetylenes is 1. The van der Waals surface area contributed by atoms with Crippen LogP contribution < -0.4 is 0 Å². The summed E-state index contributed by atoms with van der Waals surface area (Å²) in [7, 11) is 0. The molecule has 0 aliphatic heterocycles. The second kappa shape index (κ2) is 4.39. The first-order valence-electron chi connectivity index (χ1n) is 4.09. The molecule has 0 N–H and O–H groups in total. The molecule has 0 aliphatic rings. The molecule has 0 fully saturated rings. The molecule has 0 heterocycles. The number of rotatable bonds is 3. The molecule has 2 atom stereocenters. The van der Waals surface area contributed by atoms with E-state index in [1.165, 1.54) is 6.42 Å². The van der Waals surface area contributed by atoms with Crippen LogP contribution in [0.25, 0.3) is 0 Å². The zero-order chi connectivity index (χ0) is 8.15. The van der Waals surface area contributed by atoms with Crippen LogP contribution in [-0.4, -0.2) is 0 Å². The Morgan fingerprint density at radius 3 is 1.90 bits per heavy atom. The summed E-state index contributed by atoms with van der Waals surface area (Å²) in [6, 6.07) is 0. The normalized spacial score (nSPS) is 16.4. The van der Waals surface area contributed by atoms with Gasteiger partial charge in [-0.15, -0.1) is 12.3 Å². The van der Waals surface area contributed by atoms with E-state index in [0.717, 1.165) is 0 Å². The zero-order valence-corrected chi connectivity index (χ0v) is 7.52. The molecule has 10 heavy (non-hydrogen) atoms. The summed E-state index contributed by atoms with van der Waals surface area (Å²) in [6.45, 7) is 8.80. The van der Waals surface area contributed by atoms with Crippen molar-refractivity contribution in [3.63, 3.8) is 0 Å². The van der Waals surface area contributed by atoms with Gasteiger partial charge in [0, 0.05) is 5.92 Å². The molecule has 0 aromatic heterocycles. The van der Waals surface area contributed by atoms with Crippen molar-refractivity contribution in [2.24, 2.45) is 17.8 Å². The Kier molecular flexibility index (Phi) is 4.19.